The predicted octanol–water partition coefficient (Wildman–Crippen LogP) is 3.18. The number of benzene rings is 2. The Hall–Kier alpha value is -3.28. The number of likely N-dealkylation sites (N-methyl/N-ethyl adjacent to an activating group) is 1. The smallest absolute Gasteiger partial charge is 0.416 e. The van der Waals surface area contributed by atoms with Gasteiger partial charge in [-0.3, -0.25) is 9.69 Å². The molecule has 2 aromatic rings. The van der Waals surface area contributed by atoms with Gasteiger partial charge in [-0.05, 0) is 50.8 Å². The molecular formula is C20H20F3N4O4-. The van der Waals surface area contributed by atoms with Crippen LogP contribution in [0.25, 0.3) is 5.76 Å². The summed E-state index contributed by atoms with van der Waals surface area (Å²) in [7, 11) is 3.31. The first kappa shape index (κ1) is 22.4. The van der Waals surface area contributed by atoms with Crippen LogP contribution in [0.4, 0.5) is 13.2 Å². The van der Waals surface area contributed by atoms with Crippen molar-refractivity contribution in [1.29, 1.82) is 0 Å². The number of carbonyl (C=O) groups excluding carboxylic acids is 1. The SMILES string of the molecule is CN(C)C(C)(C(=O)NN1C=C(c2ccc(C(F)(F)F)cc2)ON1[O-])c1cccc(O)c1. The van der Waals surface area contributed by atoms with E-state index < -0.39 is 23.2 Å². The lowest BCUT2D eigenvalue weighted by atomic mass is 9.89. The molecule has 0 bridgehead atoms. The quantitative estimate of drug-likeness (QED) is 0.743. The highest BCUT2D eigenvalue weighted by Crippen LogP contribution is 2.32. The van der Waals surface area contributed by atoms with Gasteiger partial charge in [0.1, 0.15) is 11.3 Å². The molecule has 0 saturated heterocycles. The molecule has 0 fully saturated rings. The van der Waals surface area contributed by atoms with E-state index in [-0.39, 0.29) is 22.4 Å². The van der Waals surface area contributed by atoms with Gasteiger partial charge in [0.25, 0.3) is 5.91 Å². The van der Waals surface area contributed by atoms with Crippen LogP contribution in [0.2, 0.25) is 0 Å². The largest absolute Gasteiger partial charge is 0.732 e. The number of amides is 1. The van der Waals surface area contributed by atoms with Crippen molar-refractivity contribution in [3.8, 4) is 5.75 Å². The van der Waals surface area contributed by atoms with Crippen molar-refractivity contribution >= 4 is 11.7 Å². The van der Waals surface area contributed by atoms with Crippen LogP contribution in [0.15, 0.2) is 54.7 Å². The van der Waals surface area contributed by atoms with Gasteiger partial charge in [-0.2, -0.15) is 18.3 Å². The Bertz CT molecular complexity index is 995. The fraction of sp³-hybridized carbons (Fsp3) is 0.250. The number of alkyl halides is 3. The summed E-state index contributed by atoms with van der Waals surface area (Å²) >= 11 is 0. The third-order valence-electron chi connectivity index (χ3n) is 5.05. The molecule has 31 heavy (non-hydrogen) atoms. The number of nitrogens with zero attached hydrogens (tertiary/aromatic N) is 3. The molecule has 1 unspecified atom stereocenters. The molecule has 1 aliphatic rings. The van der Waals surface area contributed by atoms with Gasteiger partial charge in [0.05, 0.1) is 11.8 Å². The number of carbonyl (C=O) groups is 1. The van der Waals surface area contributed by atoms with E-state index in [1.807, 2.05) is 0 Å². The van der Waals surface area contributed by atoms with E-state index in [9.17, 15) is 28.3 Å². The van der Waals surface area contributed by atoms with Crippen LogP contribution in [-0.2, 0) is 21.3 Å². The number of halogens is 3. The summed E-state index contributed by atoms with van der Waals surface area (Å²) in [4.78, 5) is 19.7. The molecule has 0 aromatic heterocycles. The van der Waals surface area contributed by atoms with E-state index in [1.54, 1.807) is 38.1 Å². The Morgan fingerprint density at radius 3 is 2.32 bits per heavy atom. The van der Waals surface area contributed by atoms with Crippen LogP contribution in [0.3, 0.4) is 0 Å². The maximum Gasteiger partial charge on any atom is 0.416 e. The lowest BCUT2D eigenvalue weighted by Crippen LogP contribution is -2.56. The average molecular weight is 437 g/mol. The molecule has 2 N–H and O–H groups in total. The lowest BCUT2D eigenvalue weighted by Gasteiger charge is -2.38. The first-order valence-electron chi connectivity index (χ1n) is 9.05. The Kier molecular flexibility index (Phi) is 5.85. The summed E-state index contributed by atoms with van der Waals surface area (Å²) in [6, 6.07) is 10.2. The maximum atomic E-state index is 13.1. The van der Waals surface area contributed by atoms with E-state index in [0.29, 0.717) is 5.56 Å². The standard InChI is InChI=1S/C20H20F3N4O4/c1-19(25(2)3,15-5-4-6-16(28)11-15)18(29)24-26-12-17(31-27(26)30)13-7-9-14(10-8-13)20(21,22)23/h4-12,28H,1-3H3,(H,24,29)/q-1. The van der Waals surface area contributed by atoms with Crippen LogP contribution < -0.4 is 5.43 Å². The van der Waals surface area contributed by atoms with Crippen LogP contribution in [0.5, 0.6) is 5.75 Å². The summed E-state index contributed by atoms with van der Waals surface area (Å²) in [5, 5.41) is 22.6. The number of phenols is 1. The van der Waals surface area contributed by atoms with E-state index in [4.69, 9.17) is 4.84 Å². The van der Waals surface area contributed by atoms with Gasteiger partial charge >= 0.3 is 6.18 Å². The molecule has 1 amide bonds. The topological polar surface area (TPSA) is 91.3 Å². The minimum atomic E-state index is -4.49. The van der Waals surface area contributed by atoms with Crippen molar-refractivity contribution in [1.82, 2.24) is 20.8 Å². The Balaban J connectivity index is 1.82. The molecule has 11 heteroatoms. The zero-order valence-corrected chi connectivity index (χ0v) is 16.8. The molecule has 166 valence electrons. The lowest BCUT2D eigenvalue weighted by molar-refractivity contribution is -0.186. The summed E-state index contributed by atoms with van der Waals surface area (Å²) in [6.45, 7) is 1.60. The molecule has 1 aliphatic heterocycles. The van der Waals surface area contributed by atoms with Crippen molar-refractivity contribution in [3.63, 3.8) is 0 Å². The van der Waals surface area contributed by atoms with Gasteiger partial charge in [-0.1, -0.05) is 29.6 Å². The highest BCUT2D eigenvalue weighted by atomic mass is 19.4. The van der Waals surface area contributed by atoms with Crippen molar-refractivity contribution in [2.45, 2.75) is 18.6 Å². The Morgan fingerprint density at radius 2 is 1.77 bits per heavy atom. The minimum Gasteiger partial charge on any atom is -0.732 e. The second-order valence-electron chi connectivity index (χ2n) is 7.20. The number of nitrogens with one attached hydrogen (secondary N) is 1. The fourth-order valence-corrected chi connectivity index (χ4v) is 2.95. The molecular weight excluding hydrogens is 417 g/mol. The second-order valence-corrected chi connectivity index (χ2v) is 7.20. The molecule has 1 atom stereocenters. The van der Waals surface area contributed by atoms with Gasteiger partial charge < -0.3 is 15.2 Å². The fourth-order valence-electron chi connectivity index (χ4n) is 2.95. The molecule has 3 rings (SSSR count). The zero-order valence-electron chi connectivity index (χ0n) is 16.8. The Morgan fingerprint density at radius 1 is 1.13 bits per heavy atom. The summed E-state index contributed by atoms with van der Waals surface area (Å²) in [5.74, 6) is -0.691. The van der Waals surface area contributed by atoms with Crippen molar-refractivity contribution in [3.05, 3.63) is 76.6 Å². The van der Waals surface area contributed by atoms with E-state index in [2.05, 4.69) is 5.43 Å². The maximum absolute atomic E-state index is 13.1. The number of hydrogen-bond donors (Lipinski definition) is 2. The van der Waals surface area contributed by atoms with Crippen LogP contribution >= 0.6 is 0 Å². The molecule has 2 aromatic carbocycles. The number of phenolic OH excluding ortho intramolecular Hbond substituents is 1. The van der Waals surface area contributed by atoms with Gasteiger partial charge in [-0.15, -0.1) is 0 Å². The average Bonchev–Trinajstić information content (AvgIpc) is 3.07. The number of rotatable bonds is 5. The molecule has 1 heterocycles. The number of hydrogen-bond acceptors (Lipinski definition) is 7. The molecule has 0 saturated carbocycles. The summed E-state index contributed by atoms with van der Waals surface area (Å²) in [5.41, 5.74) is 0.981. The Labute approximate surface area is 176 Å². The first-order chi connectivity index (χ1) is 14.4. The van der Waals surface area contributed by atoms with Crippen LogP contribution in [0.1, 0.15) is 23.6 Å². The van der Waals surface area contributed by atoms with Crippen molar-refractivity contribution in [2.75, 3.05) is 14.1 Å². The van der Waals surface area contributed by atoms with Crippen LogP contribution in [0, 0.1) is 5.21 Å². The van der Waals surface area contributed by atoms with Gasteiger partial charge in [-0.25, -0.2) is 5.43 Å². The van der Waals surface area contributed by atoms with Gasteiger partial charge in [0.15, 0.2) is 5.76 Å². The third kappa shape index (κ3) is 4.43. The monoisotopic (exact) mass is 437 g/mol. The predicted molar refractivity (Wildman–Crippen MR) is 105 cm³/mol. The third-order valence-corrected chi connectivity index (χ3v) is 5.05. The van der Waals surface area contributed by atoms with E-state index in [0.717, 1.165) is 35.6 Å². The molecule has 0 radical (unpaired) electrons. The van der Waals surface area contributed by atoms with Crippen molar-refractivity contribution in [2.24, 2.45) is 0 Å². The van der Waals surface area contributed by atoms with Gasteiger partial charge in [0, 0.05) is 5.56 Å². The van der Waals surface area contributed by atoms with Crippen LogP contribution in [-0.4, -0.2) is 40.5 Å². The zero-order chi connectivity index (χ0) is 23.0. The summed E-state index contributed by atoms with van der Waals surface area (Å²) in [6.07, 6.45) is -3.34. The number of hydrazine groups is 2. The van der Waals surface area contributed by atoms with E-state index in [1.165, 1.54) is 12.1 Å². The molecule has 0 spiro atoms. The van der Waals surface area contributed by atoms with Gasteiger partial charge in [0.2, 0.25) is 0 Å². The highest BCUT2D eigenvalue weighted by Gasteiger charge is 2.39. The first-order valence-corrected chi connectivity index (χ1v) is 9.05. The molecule has 0 aliphatic carbocycles. The molecule has 8 nitrogen and oxygen atoms in total. The minimum absolute atomic E-state index is 0.0105. The highest BCUT2D eigenvalue weighted by molar-refractivity contribution is 5.87. The summed E-state index contributed by atoms with van der Waals surface area (Å²) < 4.78 is 38.2. The normalized spacial score (nSPS) is 16.6. The van der Waals surface area contributed by atoms with Crippen molar-refractivity contribution < 1.29 is 27.9 Å². The van der Waals surface area contributed by atoms with E-state index >= 15 is 0 Å². The number of aromatic hydroxyl groups is 1. The second kappa shape index (κ2) is 8.10.